The molecule has 21 heavy (non-hydrogen) atoms. The first kappa shape index (κ1) is 13.4. The second kappa shape index (κ2) is 5.83. The van der Waals surface area contributed by atoms with E-state index in [1.54, 1.807) is 24.7 Å². The van der Waals surface area contributed by atoms with E-state index in [1.807, 2.05) is 24.7 Å². The van der Waals surface area contributed by atoms with Gasteiger partial charge >= 0.3 is 0 Å². The molecular formula is C16H18N4O. The molecule has 1 unspecified atom stereocenters. The van der Waals surface area contributed by atoms with Crippen LogP contribution in [0.5, 0.6) is 0 Å². The van der Waals surface area contributed by atoms with E-state index in [2.05, 4.69) is 21.5 Å². The SMILES string of the molecule is CC(CCc1ccco1)n1cncc1-c1cnccc1N. The van der Waals surface area contributed by atoms with Crippen molar-refractivity contribution in [2.75, 3.05) is 5.73 Å². The molecule has 0 spiro atoms. The van der Waals surface area contributed by atoms with E-state index in [4.69, 9.17) is 10.2 Å². The molecule has 3 rings (SSSR count). The summed E-state index contributed by atoms with van der Waals surface area (Å²) in [5.74, 6) is 1.00. The van der Waals surface area contributed by atoms with Crippen LogP contribution in [0.2, 0.25) is 0 Å². The van der Waals surface area contributed by atoms with E-state index in [9.17, 15) is 0 Å². The van der Waals surface area contributed by atoms with Crippen LogP contribution in [0.4, 0.5) is 5.69 Å². The standard InChI is InChI=1S/C16H18N4O/c1-12(4-5-13-3-2-8-21-13)20-11-19-10-16(20)14-9-18-7-6-15(14)17/h2-3,6-12H,4-5H2,1H3,(H2,17,18). The van der Waals surface area contributed by atoms with E-state index in [1.165, 1.54) is 0 Å². The zero-order valence-electron chi connectivity index (χ0n) is 11.9. The van der Waals surface area contributed by atoms with Crippen molar-refractivity contribution in [3.05, 3.63) is 55.1 Å². The Hall–Kier alpha value is -2.56. The fourth-order valence-electron chi connectivity index (χ4n) is 2.43. The largest absolute Gasteiger partial charge is 0.469 e. The van der Waals surface area contributed by atoms with Crippen molar-refractivity contribution in [3.8, 4) is 11.3 Å². The summed E-state index contributed by atoms with van der Waals surface area (Å²) in [6.07, 6.45) is 10.7. The highest BCUT2D eigenvalue weighted by molar-refractivity contribution is 5.72. The Balaban J connectivity index is 1.80. The number of nitrogen functional groups attached to an aromatic ring is 1. The van der Waals surface area contributed by atoms with E-state index in [0.29, 0.717) is 11.7 Å². The molecule has 0 aliphatic heterocycles. The Labute approximate surface area is 123 Å². The Morgan fingerprint density at radius 1 is 1.29 bits per heavy atom. The molecule has 5 heteroatoms. The summed E-state index contributed by atoms with van der Waals surface area (Å²) in [6, 6.07) is 6.02. The molecule has 0 saturated carbocycles. The van der Waals surface area contributed by atoms with Gasteiger partial charge in [-0.05, 0) is 31.5 Å². The van der Waals surface area contributed by atoms with Gasteiger partial charge in [-0.3, -0.25) is 4.98 Å². The summed E-state index contributed by atoms with van der Waals surface area (Å²) < 4.78 is 7.52. The van der Waals surface area contributed by atoms with E-state index >= 15 is 0 Å². The number of aromatic nitrogens is 3. The smallest absolute Gasteiger partial charge is 0.103 e. The number of furan rings is 1. The summed E-state index contributed by atoms with van der Waals surface area (Å²) in [5, 5.41) is 0. The van der Waals surface area contributed by atoms with Gasteiger partial charge in [-0.15, -0.1) is 0 Å². The van der Waals surface area contributed by atoms with Gasteiger partial charge in [0.15, 0.2) is 0 Å². The molecule has 5 nitrogen and oxygen atoms in total. The van der Waals surface area contributed by atoms with Gasteiger partial charge in [0.1, 0.15) is 5.76 Å². The van der Waals surface area contributed by atoms with Gasteiger partial charge in [-0.2, -0.15) is 0 Å². The number of pyridine rings is 1. The Morgan fingerprint density at radius 2 is 2.19 bits per heavy atom. The van der Waals surface area contributed by atoms with Crippen molar-refractivity contribution in [3.63, 3.8) is 0 Å². The van der Waals surface area contributed by atoms with Crippen LogP contribution in [-0.4, -0.2) is 14.5 Å². The van der Waals surface area contributed by atoms with Gasteiger partial charge in [0, 0.05) is 36.1 Å². The number of hydrogen-bond donors (Lipinski definition) is 1. The Kier molecular flexibility index (Phi) is 3.73. The number of hydrogen-bond acceptors (Lipinski definition) is 4. The summed E-state index contributed by atoms with van der Waals surface area (Å²) in [5.41, 5.74) is 8.66. The third-order valence-electron chi connectivity index (χ3n) is 3.66. The average molecular weight is 282 g/mol. The third kappa shape index (κ3) is 2.81. The molecule has 0 aliphatic carbocycles. The molecule has 0 saturated heterocycles. The number of nitrogens with zero attached hydrogens (tertiary/aromatic N) is 3. The van der Waals surface area contributed by atoms with Crippen LogP contribution in [-0.2, 0) is 6.42 Å². The van der Waals surface area contributed by atoms with Gasteiger partial charge in [0.2, 0.25) is 0 Å². The van der Waals surface area contributed by atoms with Crippen molar-refractivity contribution < 1.29 is 4.42 Å². The fraction of sp³-hybridized carbons (Fsp3) is 0.250. The van der Waals surface area contributed by atoms with Crippen LogP contribution >= 0.6 is 0 Å². The number of aryl methyl sites for hydroxylation is 1. The minimum atomic E-state index is 0.298. The van der Waals surface area contributed by atoms with Crippen molar-refractivity contribution in [2.45, 2.75) is 25.8 Å². The van der Waals surface area contributed by atoms with Gasteiger partial charge in [-0.25, -0.2) is 4.98 Å². The molecule has 0 amide bonds. The van der Waals surface area contributed by atoms with Gasteiger partial charge < -0.3 is 14.7 Å². The monoisotopic (exact) mass is 282 g/mol. The quantitative estimate of drug-likeness (QED) is 0.779. The Bertz CT molecular complexity index is 703. The molecule has 0 bridgehead atoms. The zero-order chi connectivity index (χ0) is 14.7. The molecule has 0 aliphatic rings. The van der Waals surface area contributed by atoms with Crippen LogP contribution in [0, 0.1) is 0 Å². The van der Waals surface area contributed by atoms with Crippen molar-refractivity contribution >= 4 is 5.69 Å². The molecule has 108 valence electrons. The lowest BCUT2D eigenvalue weighted by molar-refractivity contribution is 0.454. The first-order chi connectivity index (χ1) is 10.3. The third-order valence-corrected chi connectivity index (χ3v) is 3.66. The summed E-state index contributed by atoms with van der Waals surface area (Å²) in [4.78, 5) is 8.41. The fourth-order valence-corrected chi connectivity index (χ4v) is 2.43. The minimum Gasteiger partial charge on any atom is -0.469 e. The molecule has 1 atom stereocenters. The molecule has 2 N–H and O–H groups in total. The van der Waals surface area contributed by atoms with Crippen LogP contribution in [0.3, 0.4) is 0 Å². The number of imidazole rings is 1. The van der Waals surface area contributed by atoms with E-state index < -0.39 is 0 Å². The maximum absolute atomic E-state index is 6.04. The molecule has 0 radical (unpaired) electrons. The molecule has 0 aromatic carbocycles. The maximum atomic E-state index is 6.04. The van der Waals surface area contributed by atoms with Gasteiger partial charge in [0.05, 0.1) is 24.5 Å². The first-order valence-corrected chi connectivity index (χ1v) is 7.00. The van der Waals surface area contributed by atoms with Crippen LogP contribution in [0.25, 0.3) is 11.3 Å². The topological polar surface area (TPSA) is 69.9 Å². The molecule has 0 fully saturated rings. The first-order valence-electron chi connectivity index (χ1n) is 7.00. The summed E-state index contributed by atoms with van der Waals surface area (Å²) in [6.45, 7) is 2.17. The lowest BCUT2D eigenvalue weighted by atomic mass is 10.1. The summed E-state index contributed by atoms with van der Waals surface area (Å²) >= 11 is 0. The van der Waals surface area contributed by atoms with Crippen LogP contribution < -0.4 is 5.73 Å². The maximum Gasteiger partial charge on any atom is 0.103 e. The highest BCUT2D eigenvalue weighted by Crippen LogP contribution is 2.28. The minimum absolute atomic E-state index is 0.298. The second-order valence-corrected chi connectivity index (χ2v) is 5.12. The number of anilines is 1. The lowest BCUT2D eigenvalue weighted by Gasteiger charge is -2.16. The number of rotatable bonds is 5. The zero-order valence-corrected chi connectivity index (χ0v) is 11.9. The highest BCUT2D eigenvalue weighted by Gasteiger charge is 2.13. The number of nitrogens with two attached hydrogens (primary N) is 1. The molecule has 3 heterocycles. The normalized spacial score (nSPS) is 12.4. The van der Waals surface area contributed by atoms with Gasteiger partial charge in [0.25, 0.3) is 0 Å². The van der Waals surface area contributed by atoms with E-state index in [-0.39, 0.29) is 0 Å². The molecular weight excluding hydrogens is 264 g/mol. The van der Waals surface area contributed by atoms with Crippen molar-refractivity contribution in [2.24, 2.45) is 0 Å². The lowest BCUT2D eigenvalue weighted by Crippen LogP contribution is -2.07. The van der Waals surface area contributed by atoms with Crippen molar-refractivity contribution in [1.29, 1.82) is 0 Å². The highest BCUT2D eigenvalue weighted by atomic mass is 16.3. The van der Waals surface area contributed by atoms with Crippen LogP contribution in [0.1, 0.15) is 25.1 Å². The van der Waals surface area contributed by atoms with Crippen LogP contribution in [0.15, 0.2) is 53.8 Å². The second-order valence-electron chi connectivity index (χ2n) is 5.12. The van der Waals surface area contributed by atoms with Gasteiger partial charge in [-0.1, -0.05) is 0 Å². The molecule has 3 aromatic rings. The van der Waals surface area contributed by atoms with E-state index in [0.717, 1.165) is 29.9 Å². The summed E-state index contributed by atoms with van der Waals surface area (Å²) in [7, 11) is 0. The average Bonchev–Trinajstić information content (AvgIpc) is 3.16. The Morgan fingerprint density at radius 3 is 2.95 bits per heavy atom. The van der Waals surface area contributed by atoms with Crippen molar-refractivity contribution in [1.82, 2.24) is 14.5 Å². The molecule has 3 aromatic heterocycles. The predicted octanol–water partition coefficient (Wildman–Crippen LogP) is 3.31. The predicted molar refractivity (Wildman–Crippen MR) is 81.6 cm³/mol.